The normalized spacial score (nSPS) is 31.2. The van der Waals surface area contributed by atoms with Crippen LogP contribution in [0.4, 0.5) is 0 Å². The minimum Gasteiger partial charge on any atom is -0.344 e. The van der Waals surface area contributed by atoms with E-state index >= 15 is 0 Å². The van der Waals surface area contributed by atoms with Crippen LogP contribution in [0.5, 0.6) is 0 Å². The number of hydrogen-bond donors (Lipinski definition) is 1. The van der Waals surface area contributed by atoms with Crippen molar-refractivity contribution < 1.29 is 9.59 Å². The van der Waals surface area contributed by atoms with Crippen molar-refractivity contribution in [2.45, 2.75) is 45.6 Å². The zero-order valence-corrected chi connectivity index (χ0v) is 8.52. The second kappa shape index (κ2) is 3.48. The fraction of sp³-hybridized carbons (Fsp3) is 0.800. The van der Waals surface area contributed by atoms with Crippen molar-refractivity contribution in [3.05, 3.63) is 0 Å². The standard InChI is InChI=1S/C10H17NO2/c1-4-5-9-6-10(9,7(2)12)11-8(3)13/h9H,4-6H2,1-3H3,(H,11,13). The molecular formula is C10H17NO2. The Morgan fingerprint density at radius 2 is 2.08 bits per heavy atom. The molecule has 1 fully saturated rings. The average molecular weight is 183 g/mol. The molecule has 1 saturated carbocycles. The Labute approximate surface area is 78.9 Å². The van der Waals surface area contributed by atoms with Crippen molar-refractivity contribution in [2.24, 2.45) is 5.92 Å². The van der Waals surface area contributed by atoms with Gasteiger partial charge in [0.05, 0.1) is 0 Å². The molecule has 1 N–H and O–H groups in total. The maximum absolute atomic E-state index is 11.3. The molecule has 2 atom stereocenters. The monoisotopic (exact) mass is 183 g/mol. The number of rotatable bonds is 4. The summed E-state index contributed by atoms with van der Waals surface area (Å²) < 4.78 is 0. The van der Waals surface area contributed by atoms with Crippen LogP contribution in [0.2, 0.25) is 0 Å². The van der Waals surface area contributed by atoms with Crippen LogP contribution in [0.1, 0.15) is 40.0 Å². The van der Waals surface area contributed by atoms with Gasteiger partial charge in [0.1, 0.15) is 5.54 Å². The molecule has 0 radical (unpaired) electrons. The molecule has 0 heterocycles. The van der Waals surface area contributed by atoms with Crippen molar-refractivity contribution in [3.63, 3.8) is 0 Å². The van der Waals surface area contributed by atoms with Gasteiger partial charge in [0.2, 0.25) is 5.91 Å². The van der Waals surface area contributed by atoms with Gasteiger partial charge >= 0.3 is 0 Å². The van der Waals surface area contributed by atoms with Crippen LogP contribution in [0.15, 0.2) is 0 Å². The zero-order valence-electron chi connectivity index (χ0n) is 8.52. The Morgan fingerprint density at radius 1 is 1.46 bits per heavy atom. The highest BCUT2D eigenvalue weighted by Crippen LogP contribution is 2.47. The number of hydrogen-bond acceptors (Lipinski definition) is 2. The van der Waals surface area contributed by atoms with Crippen LogP contribution >= 0.6 is 0 Å². The molecule has 13 heavy (non-hydrogen) atoms. The minimum absolute atomic E-state index is 0.0983. The van der Waals surface area contributed by atoms with Gasteiger partial charge in [-0.05, 0) is 25.7 Å². The highest BCUT2D eigenvalue weighted by Gasteiger charge is 2.57. The summed E-state index contributed by atoms with van der Waals surface area (Å²) in [4.78, 5) is 22.2. The Kier molecular flexibility index (Phi) is 2.74. The molecule has 1 aliphatic carbocycles. The molecule has 74 valence electrons. The molecular weight excluding hydrogens is 166 g/mol. The Hall–Kier alpha value is -0.860. The first-order valence-corrected chi connectivity index (χ1v) is 4.82. The number of amides is 1. The van der Waals surface area contributed by atoms with Gasteiger partial charge in [-0.1, -0.05) is 13.3 Å². The maximum Gasteiger partial charge on any atom is 0.217 e. The first kappa shape index (κ1) is 10.2. The maximum atomic E-state index is 11.3. The van der Waals surface area contributed by atoms with Gasteiger partial charge in [-0.2, -0.15) is 0 Å². The van der Waals surface area contributed by atoms with Gasteiger partial charge in [0.25, 0.3) is 0 Å². The van der Waals surface area contributed by atoms with E-state index in [0.717, 1.165) is 19.3 Å². The van der Waals surface area contributed by atoms with E-state index in [4.69, 9.17) is 0 Å². The van der Waals surface area contributed by atoms with Gasteiger partial charge in [-0.25, -0.2) is 0 Å². The minimum atomic E-state index is -0.498. The summed E-state index contributed by atoms with van der Waals surface area (Å²) >= 11 is 0. The van der Waals surface area contributed by atoms with Crippen LogP contribution < -0.4 is 5.32 Å². The van der Waals surface area contributed by atoms with Crippen molar-refractivity contribution in [2.75, 3.05) is 0 Å². The first-order valence-electron chi connectivity index (χ1n) is 4.82. The second-order valence-corrected chi connectivity index (χ2v) is 3.90. The molecule has 3 heteroatoms. The van der Waals surface area contributed by atoms with E-state index < -0.39 is 5.54 Å². The van der Waals surface area contributed by atoms with E-state index in [1.807, 2.05) is 0 Å². The van der Waals surface area contributed by atoms with Gasteiger partial charge in [0.15, 0.2) is 5.78 Å². The fourth-order valence-corrected chi connectivity index (χ4v) is 2.01. The largest absolute Gasteiger partial charge is 0.344 e. The third-order valence-electron chi connectivity index (χ3n) is 2.77. The van der Waals surface area contributed by atoms with Crippen LogP contribution in [-0.2, 0) is 9.59 Å². The van der Waals surface area contributed by atoms with Crippen LogP contribution in [0.3, 0.4) is 0 Å². The summed E-state index contributed by atoms with van der Waals surface area (Å²) in [6.07, 6.45) is 2.93. The molecule has 1 amide bonds. The number of Topliss-reactive ketones (excluding diaryl/α,β-unsaturated/α-hetero) is 1. The summed E-state index contributed by atoms with van der Waals surface area (Å²) in [5, 5.41) is 2.78. The Bertz CT molecular complexity index is 237. The zero-order chi connectivity index (χ0) is 10.1. The highest BCUT2D eigenvalue weighted by molar-refractivity contribution is 5.94. The summed E-state index contributed by atoms with van der Waals surface area (Å²) in [7, 11) is 0. The van der Waals surface area contributed by atoms with E-state index in [1.54, 1.807) is 6.92 Å². The third-order valence-corrected chi connectivity index (χ3v) is 2.77. The molecule has 3 nitrogen and oxygen atoms in total. The van der Waals surface area contributed by atoms with Crippen molar-refractivity contribution in [1.82, 2.24) is 5.32 Å². The van der Waals surface area contributed by atoms with Gasteiger partial charge < -0.3 is 5.32 Å². The molecule has 0 aromatic heterocycles. The summed E-state index contributed by atoms with van der Waals surface area (Å²) in [6.45, 7) is 5.12. The molecule has 0 spiro atoms. The molecule has 0 aromatic rings. The number of nitrogens with one attached hydrogen (secondary N) is 1. The lowest BCUT2D eigenvalue weighted by Crippen LogP contribution is -2.42. The molecule has 0 aliphatic heterocycles. The lowest BCUT2D eigenvalue weighted by molar-refractivity contribution is -0.127. The summed E-state index contributed by atoms with van der Waals surface area (Å²) in [6, 6.07) is 0. The van der Waals surface area contributed by atoms with Crippen LogP contribution in [0, 0.1) is 5.92 Å². The fourth-order valence-electron chi connectivity index (χ4n) is 2.01. The van der Waals surface area contributed by atoms with Gasteiger partial charge in [-0.3, -0.25) is 9.59 Å². The van der Waals surface area contributed by atoms with Gasteiger partial charge in [0, 0.05) is 6.92 Å². The molecule has 0 aromatic carbocycles. The molecule has 1 rings (SSSR count). The quantitative estimate of drug-likeness (QED) is 0.713. The lowest BCUT2D eigenvalue weighted by Gasteiger charge is -2.14. The van der Waals surface area contributed by atoms with Crippen molar-refractivity contribution >= 4 is 11.7 Å². The molecule has 2 unspecified atom stereocenters. The van der Waals surface area contributed by atoms with Crippen LogP contribution in [-0.4, -0.2) is 17.2 Å². The Morgan fingerprint density at radius 3 is 2.46 bits per heavy atom. The number of carbonyl (C=O) groups excluding carboxylic acids is 2. The van der Waals surface area contributed by atoms with E-state index in [2.05, 4.69) is 12.2 Å². The van der Waals surface area contributed by atoms with E-state index in [9.17, 15) is 9.59 Å². The lowest BCUT2D eigenvalue weighted by atomic mass is 10.1. The van der Waals surface area contributed by atoms with E-state index in [-0.39, 0.29) is 11.7 Å². The topological polar surface area (TPSA) is 46.2 Å². The van der Waals surface area contributed by atoms with Crippen molar-refractivity contribution in [1.29, 1.82) is 0 Å². The van der Waals surface area contributed by atoms with E-state index in [0.29, 0.717) is 5.92 Å². The number of carbonyl (C=O) groups is 2. The predicted octanol–water partition coefficient (Wildman–Crippen LogP) is 1.27. The number of ketones is 1. The first-order chi connectivity index (χ1) is 6.03. The van der Waals surface area contributed by atoms with Crippen LogP contribution in [0.25, 0.3) is 0 Å². The second-order valence-electron chi connectivity index (χ2n) is 3.90. The molecule has 1 aliphatic rings. The predicted molar refractivity (Wildman–Crippen MR) is 50.2 cm³/mol. The smallest absolute Gasteiger partial charge is 0.217 e. The SMILES string of the molecule is CCCC1CC1(NC(C)=O)C(C)=O. The summed E-state index contributed by atoms with van der Waals surface area (Å²) in [5.74, 6) is 0.369. The third kappa shape index (κ3) is 1.90. The van der Waals surface area contributed by atoms with Crippen molar-refractivity contribution in [3.8, 4) is 0 Å². The molecule has 0 saturated heterocycles. The summed E-state index contributed by atoms with van der Waals surface area (Å²) in [5.41, 5.74) is -0.498. The molecule has 0 bridgehead atoms. The Balaban J connectivity index is 2.60. The van der Waals surface area contributed by atoms with E-state index in [1.165, 1.54) is 6.92 Å². The van der Waals surface area contributed by atoms with Gasteiger partial charge in [-0.15, -0.1) is 0 Å². The highest BCUT2D eigenvalue weighted by atomic mass is 16.2. The average Bonchev–Trinajstić information content (AvgIpc) is 2.63.